The van der Waals surface area contributed by atoms with Crippen LogP contribution in [0.15, 0.2) is 82.6 Å². The van der Waals surface area contributed by atoms with E-state index in [9.17, 15) is 8.42 Å². The Morgan fingerprint density at radius 3 is 2.21 bits per heavy atom. The van der Waals surface area contributed by atoms with Crippen LogP contribution in [-0.4, -0.2) is 8.42 Å². The van der Waals surface area contributed by atoms with E-state index < -0.39 is 9.84 Å². The first-order valence-electron chi connectivity index (χ1n) is 7.20. The minimum atomic E-state index is -3.76. The molecule has 0 atom stereocenters. The molecule has 0 aliphatic rings. The molecule has 0 spiro atoms. The molecule has 4 N–H and O–H groups in total. The Kier molecular flexibility index (Phi) is 4.14. The standard InChI is InChI=1S/C18H16N2O3S/c19-13-6-4-7-14(12-13)23-18-16(20)10-5-11-17(18)24(21,22)15-8-2-1-3-9-15/h1-12H,19-20H2. The van der Waals surface area contributed by atoms with Crippen molar-refractivity contribution in [2.45, 2.75) is 9.79 Å². The molecule has 0 amide bonds. The molecule has 3 aromatic carbocycles. The van der Waals surface area contributed by atoms with Crippen LogP contribution in [0.5, 0.6) is 11.5 Å². The molecule has 0 unspecified atom stereocenters. The molecule has 5 nitrogen and oxygen atoms in total. The van der Waals surface area contributed by atoms with Gasteiger partial charge in [0.05, 0.1) is 10.6 Å². The first-order chi connectivity index (χ1) is 11.5. The Morgan fingerprint density at radius 2 is 1.50 bits per heavy atom. The van der Waals surface area contributed by atoms with Crippen molar-refractivity contribution in [2.75, 3.05) is 11.5 Å². The van der Waals surface area contributed by atoms with Gasteiger partial charge in [0.1, 0.15) is 10.6 Å². The van der Waals surface area contributed by atoms with Crippen molar-refractivity contribution in [3.8, 4) is 11.5 Å². The van der Waals surface area contributed by atoms with Gasteiger partial charge in [0.25, 0.3) is 0 Å². The van der Waals surface area contributed by atoms with Gasteiger partial charge in [-0.25, -0.2) is 8.42 Å². The van der Waals surface area contributed by atoms with Gasteiger partial charge < -0.3 is 16.2 Å². The zero-order valence-corrected chi connectivity index (χ0v) is 13.5. The second-order valence-electron chi connectivity index (χ2n) is 5.17. The highest BCUT2D eigenvalue weighted by Gasteiger charge is 2.24. The van der Waals surface area contributed by atoms with Crippen LogP contribution in [0.3, 0.4) is 0 Å². The molecule has 0 aliphatic heterocycles. The maximum absolute atomic E-state index is 12.9. The summed E-state index contributed by atoms with van der Waals surface area (Å²) in [6.07, 6.45) is 0. The Balaban J connectivity index is 2.12. The zero-order valence-electron chi connectivity index (χ0n) is 12.7. The Bertz CT molecular complexity index is 971. The summed E-state index contributed by atoms with van der Waals surface area (Å²) in [4.78, 5) is 0.184. The van der Waals surface area contributed by atoms with Crippen molar-refractivity contribution in [2.24, 2.45) is 0 Å². The van der Waals surface area contributed by atoms with Crippen LogP contribution in [0.25, 0.3) is 0 Å². The highest BCUT2D eigenvalue weighted by atomic mass is 32.2. The lowest BCUT2D eigenvalue weighted by Crippen LogP contribution is -2.06. The topological polar surface area (TPSA) is 95.4 Å². The van der Waals surface area contributed by atoms with Crippen LogP contribution in [0, 0.1) is 0 Å². The van der Waals surface area contributed by atoms with Crippen LogP contribution in [0.4, 0.5) is 11.4 Å². The van der Waals surface area contributed by atoms with Crippen molar-refractivity contribution in [3.63, 3.8) is 0 Å². The number of rotatable bonds is 4. The quantitative estimate of drug-likeness (QED) is 0.709. The fraction of sp³-hybridized carbons (Fsp3) is 0. The lowest BCUT2D eigenvalue weighted by Gasteiger charge is -2.14. The molecule has 3 aromatic rings. The lowest BCUT2D eigenvalue weighted by molar-refractivity contribution is 0.470. The smallest absolute Gasteiger partial charge is 0.210 e. The van der Waals surface area contributed by atoms with Gasteiger partial charge in [-0.1, -0.05) is 30.3 Å². The van der Waals surface area contributed by atoms with Crippen molar-refractivity contribution in [1.82, 2.24) is 0 Å². The summed E-state index contributed by atoms with van der Waals surface area (Å²) >= 11 is 0. The predicted molar refractivity (Wildman–Crippen MR) is 93.7 cm³/mol. The maximum atomic E-state index is 12.9. The lowest BCUT2D eigenvalue weighted by atomic mass is 10.3. The van der Waals surface area contributed by atoms with Gasteiger partial charge in [-0.2, -0.15) is 0 Å². The first kappa shape index (κ1) is 15.9. The third kappa shape index (κ3) is 3.04. The summed E-state index contributed by atoms with van der Waals surface area (Å²) in [6.45, 7) is 0. The zero-order chi connectivity index (χ0) is 17.2. The van der Waals surface area contributed by atoms with Crippen molar-refractivity contribution >= 4 is 21.2 Å². The van der Waals surface area contributed by atoms with E-state index in [1.165, 1.54) is 18.2 Å². The molecule has 0 bridgehead atoms. The average molecular weight is 340 g/mol. The summed E-state index contributed by atoms with van der Waals surface area (Å²) in [6, 6.07) is 19.5. The van der Waals surface area contributed by atoms with Crippen LogP contribution in [0.2, 0.25) is 0 Å². The van der Waals surface area contributed by atoms with E-state index in [1.54, 1.807) is 54.6 Å². The van der Waals surface area contributed by atoms with Crippen LogP contribution in [0.1, 0.15) is 0 Å². The molecule has 0 heterocycles. The molecule has 3 rings (SSSR count). The summed E-state index contributed by atoms with van der Waals surface area (Å²) < 4.78 is 31.6. The molecule has 0 saturated carbocycles. The van der Waals surface area contributed by atoms with Gasteiger partial charge in [0, 0.05) is 11.8 Å². The molecule has 122 valence electrons. The third-order valence-electron chi connectivity index (χ3n) is 3.43. The van der Waals surface area contributed by atoms with Crippen molar-refractivity contribution < 1.29 is 13.2 Å². The molecule has 6 heteroatoms. The highest BCUT2D eigenvalue weighted by Crippen LogP contribution is 2.37. The third-order valence-corrected chi connectivity index (χ3v) is 5.22. The second-order valence-corrected chi connectivity index (χ2v) is 7.08. The van der Waals surface area contributed by atoms with Gasteiger partial charge in [-0.3, -0.25) is 0 Å². The number of nitrogen functional groups attached to an aromatic ring is 2. The molecule has 0 radical (unpaired) electrons. The van der Waals surface area contributed by atoms with Gasteiger partial charge in [-0.05, 0) is 36.4 Å². The molecule has 0 aliphatic carbocycles. The largest absolute Gasteiger partial charge is 0.454 e. The van der Waals surface area contributed by atoms with E-state index in [-0.39, 0.29) is 21.2 Å². The first-order valence-corrected chi connectivity index (χ1v) is 8.69. The maximum Gasteiger partial charge on any atom is 0.210 e. The average Bonchev–Trinajstić information content (AvgIpc) is 2.57. The van der Waals surface area contributed by atoms with Crippen molar-refractivity contribution in [1.29, 1.82) is 0 Å². The van der Waals surface area contributed by atoms with E-state index in [4.69, 9.17) is 16.2 Å². The van der Waals surface area contributed by atoms with Gasteiger partial charge >= 0.3 is 0 Å². The van der Waals surface area contributed by atoms with E-state index in [2.05, 4.69) is 0 Å². The number of benzene rings is 3. The van der Waals surface area contributed by atoms with E-state index in [0.717, 1.165) is 0 Å². The predicted octanol–water partition coefficient (Wildman–Crippen LogP) is 3.48. The molecule has 24 heavy (non-hydrogen) atoms. The molecule has 0 saturated heterocycles. The minimum absolute atomic E-state index is 0.0103. The number of hydrogen-bond donors (Lipinski definition) is 2. The van der Waals surface area contributed by atoms with Gasteiger partial charge in [0.2, 0.25) is 9.84 Å². The summed E-state index contributed by atoms with van der Waals surface area (Å²) in [5.41, 5.74) is 12.4. The van der Waals surface area contributed by atoms with Gasteiger partial charge in [0.15, 0.2) is 5.75 Å². The number of sulfone groups is 1. The minimum Gasteiger partial charge on any atom is -0.454 e. The summed E-state index contributed by atoms with van der Waals surface area (Å²) in [5, 5.41) is 0. The van der Waals surface area contributed by atoms with Crippen LogP contribution in [-0.2, 0) is 9.84 Å². The monoisotopic (exact) mass is 340 g/mol. The summed E-state index contributed by atoms with van der Waals surface area (Å²) in [5.74, 6) is 0.504. The van der Waals surface area contributed by atoms with E-state index >= 15 is 0 Å². The molecule has 0 aromatic heterocycles. The van der Waals surface area contributed by atoms with Gasteiger partial charge in [-0.15, -0.1) is 0 Å². The Morgan fingerprint density at radius 1 is 0.792 bits per heavy atom. The number of hydrogen-bond acceptors (Lipinski definition) is 5. The Hall–Kier alpha value is -2.99. The highest BCUT2D eigenvalue weighted by molar-refractivity contribution is 7.91. The number of nitrogens with two attached hydrogens (primary N) is 2. The Labute approximate surface area is 140 Å². The number of anilines is 2. The van der Waals surface area contributed by atoms with Crippen LogP contribution >= 0.6 is 0 Å². The number of ether oxygens (including phenoxy) is 1. The SMILES string of the molecule is Nc1cccc(Oc2c(N)cccc2S(=O)(=O)c2ccccc2)c1. The molecular formula is C18H16N2O3S. The summed E-state index contributed by atoms with van der Waals surface area (Å²) in [7, 11) is -3.76. The fourth-order valence-electron chi connectivity index (χ4n) is 2.28. The molecule has 0 fully saturated rings. The van der Waals surface area contributed by atoms with Crippen molar-refractivity contribution in [3.05, 3.63) is 72.8 Å². The second kappa shape index (κ2) is 6.25. The van der Waals surface area contributed by atoms with Crippen LogP contribution < -0.4 is 16.2 Å². The number of para-hydroxylation sites is 1. The molecular weight excluding hydrogens is 324 g/mol. The fourth-order valence-corrected chi connectivity index (χ4v) is 3.71. The van der Waals surface area contributed by atoms with E-state index in [0.29, 0.717) is 11.4 Å². The normalized spacial score (nSPS) is 11.2. The van der Waals surface area contributed by atoms with E-state index in [1.807, 2.05) is 0 Å².